The summed E-state index contributed by atoms with van der Waals surface area (Å²) in [7, 11) is 0. The molecule has 3 amide bonds. The van der Waals surface area contributed by atoms with Crippen LogP contribution in [0.5, 0.6) is 0 Å². The van der Waals surface area contributed by atoms with Gasteiger partial charge >= 0.3 is 0 Å². The number of hydrogen-bond acceptors (Lipinski definition) is 4. The van der Waals surface area contributed by atoms with E-state index in [4.69, 9.17) is 0 Å². The average Bonchev–Trinajstić information content (AvgIpc) is 2.86. The minimum atomic E-state index is -1.38. The van der Waals surface area contributed by atoms with Gasteiger partial charge < -0.3 is 16.0 Å². The van der Waals surface area contributed by atoms with Crippen molar-refractivity contribution in [2.24, 2.45) is 0 Å². The van der Waals surface area contributed by atoms with Crippen LogP contribution in [-0.4, -0.2) is 29.0 Å². The van der Waals surface area contributed by atoms with Gasteiger partial charge in [0.25, 0.3) is 11.8 Å². The van der Waals surface area contributed by atoms with Gasteiger partial charge in [-0.3, -0.25) is 14.4 Å². The summed E-state index contributed by atoms with van der Waals surface area (Å²) in [5.41, 5.74) is 2.71. The van der Waals surface area contributed by atoms with Gasteiger partial charge in [0, 0.05) is 13.1 Å². The van der Waals surface area contributed by atoms with Crippen LogP contribution in [-0.2, 0) is 33.9 Å². The van der Waals surface area contributed by atoms with E-state index in [0.717, 1.165) is 16.7 Å². The molecule has 3 aromatic carbocycles. The number of carbonyl (C=O) groups is 3. The first-order valence-electron chi connectivity index (χ1n) is 10.7. The molecule has 0 aliphatic rings. The number of thiol groups is 1. The van der Waals surface area contributed by atoms with Crippen molar-refractivity contribution >= 4 is 30.4 Å². The molecule has 6 nitrogen and oxygen atoms in total. The number of hydrogen-bond donors (Lipinski definition) is 4. The molecule has 0 fully saturated rings. The Balaban J connectivity index is 1.65. The van der Waals surface area contributed by atoms with E-state index in [1.807, 2.05) is 91.0 Å². The molecule has 0 aliphatic carbocycles. The summed E-state index contributed by atoms with van der Waals surface area (Å²) in [6.07, 6.45) is 0.375. The predicted octanol–water partition coefficient (Wildman–Crippen LogP) is 2.65. The largest absolute Gasteiger partial charge is 0.350 e. The molecule has 170 valence electrons. The molecule has 0 saturated carbocycles. The van der Waals surface area contributed by atoms with E-state index in [9.17, 15) is 14.4 Å². The Labute approximate surface area is 199 Å². The maximum atomic E-state index is 12.9. The van der Waals surface area contributed by atoms with Crippen LogP contribution in [0.15, 0.2) is 91.0 Å². The minimum absolute atomic E-state index is 0.242. The first kappa shape index (κ1) is 24.1. The van der Waals surface area contributed by atoms with Gasteiger partial charge in [-0.1, -0.05) is 91.0 Å². The lowest BCUT2D eigenvalue weighted by atomic mass is 10.1. The van der Waals surface area contributed by atoms with Gasteiger partial charge in [0.2, 0.25) is 5.91 Å². The molecule has 0 spiro atoms. The van der Waals surface area contributed by atoms with Gasteiger partial charge in [-0.2, -0.15) is 12.6 Å². The van der Waals surface area contributed by atoms with E-state index >= 15 is 0 Å². The molecule has 0 saturated heterocycles. The van der Waals surface area contributed by atoms with Gasteiger partial charge in [0.1, 0.15) is 0 Å². The molecule has 0 aliphatic heterocycles. The molecule has 0 unspecified atom stereocenters. The number of carbonyl (C=O) groups excluding carboxylic acids is 3. The van der Waals surface area contributed by atoms with Crippen LogP contribution in [0.1, 0.15) is 16.7 Å². The first-order chi connectivity index (χ1) is 16.0. The number of rotatable bonds is 10. The zero-order chi connectivity index (χ0) is 23.5. The summed E-state index contributed by atoms with van der Waals surface area (Å²) in [6.45, 7) is 0.485. The van der Waals surface area contributed by atoms with Crippen molar-refractivity contribution in [1.82, 2.24) is 16.0 Å². The van der Waals surface area contributed by atoms with Crippen LogP contribution in [0.2, 0.25) is 0 Å². The van der Waals surface area contributed by atoms with E-state index in [1.165, 1.54) is 0 Å². The van der Waals surface area contributed by atoms with Gasteiger partial charge in [0.05, 0.1) is 5.25 Å². The maximum Gasteiger partial charge on any atom is 0.252 e. The lowest BCUT2D eigenvalue weighted by Gasteiger charge is -2.20. The van der Waals surface area contributed by atoms with Gasteiger partial charge in [-0.25, -0.2) is 0 Å². The highest BCUT2D eigenvalue weighted by atomic mass is 32.1. The normalized spacial score (nSPS) is 11.5. The van der Waals surface area contributed by atoms with Crippen molar-refractivity contribution < 1.29 is 14.4 Å². The highest BCUT2D eigenvalue weighted by Gasteiger charge is 2.30. The Morgan fingerprint density at radius 1 is 0.606 bits per heavy atom. The fourth-order valence-corrected chi connectivity index (χ4v) is 3.48. The molecule has 1 atom stereocenters. The topological polar surface area (TPSA) is 87.3 Å². The monoisotopic (exact) mass is 461 g/mol. The van der Waals surface area contributed by atoms with Crippen LogP contribution in [0.4, 0.5) is 0 Å². The Bertz CT molecular complexity index is 991. The third kappa shape index (κ3) is 7.80. The molecular formula is C26H27N3O3S. The highest BCUT2D eigenvalue weighted by Crippen LogP contribution is 2.08. The van der Waals surface area contributed by atoms with Crippen LogP contribution in [0.25, 0.3) is 0 Å². The quantitative estimate of drug-likeness (QED) is 0.277. The van der Waals surface area contributed by atoms with Crippen LogP contribution in [0.3, 0.4) is 0 Å². The molecule has 3 N–H and O–H groups in total. The predicted molar refractivity (Wildman–Crippen MR) is 131 cm³/mol. The van der Waals surface area contributed by atoms with Crippen LogP contribution >= 0.6 is 12.6 Å². The van der Waals surface area contributed by atoms with Gasteiger partial charge in [0.15, 0.2) is 6.04 Å². The molecular weight excluding hydrogens is 434 g/mol. The molecule has 3 aromatic rings. The fourth-order valence-electron chi connectivity index (χ4n) is 3.19. The van der Waals surface area contributed by atoms with E-state index < -0.39 is 29.0 Å². The molecule has 7 heteroatoms. The Hall–Kier alpha value is -3.58. The van der Waals surface area contributed by atoms with E-state index in [1.54, 1.807) is 0 Å². The second kappa shape index (κ2) is 12.5. The van der Waals surface area contributed by atoms with E-state index in [2.05, 4.69) is 28.6 Å². The lowest BCUT2D eigenvalue weighted by molar-refractivity contribution is -0.136. The number of benzene rings is 3. The van der Waals surface area contributed by atoms with Crippen molar-refractivity contribution in [3.05, 3.63) is 108 Å². The smallest absolute Gasteiger partial charge is 0.252 e. The minimum Gasteiger partial charge on any atom is -0.350 e. The summed E-state index contributed by atoms with van der Waals surface area (Å²) in [5.74, 6) is -1.66. The molecule has 0 radical (unpaired) electrons. The standard InChI is InChI=1S/C26H27N3O3S/c30-24(22(33)16-19-10-4-1-5-11-19)29-23(25(31)27-17-20-12-6-2-7-13-20)26(32)28-18-21-14-8-3-9-15-21/h1-15,22-23,33H,16-18H2,(H,27,31)(H,28,32)(H,29,30)/t22-/m0/s1. The van der Waals surface area contributed by atoms with Crippen LogP contribution in [0, 0.1) is 0 Å². The fraction of sp³-hybridized carbons (Fsp3) is 0.192. The summed E-state index contributed by atoms with van der Waals surface area (Å²) >= 11 is 4.39. The van der Waals surface area contributed by atoms with Gasteiger partial charge in [-0.15, -0.1) is 0 Å². The summed E-state index contributed by atoms with van der Waals surface area (Å²) in [5, 5.41) is 7.33. The zero-order valence-corrected chi connectivity index (χ0v) is 19.0. The first-order valence-corrected chi connectivity index (χ1v) is 11.2. The van der Waals surface area contributed by atoms with E-state index in [0.29, 0.717) is 6.42 Å². The van der Waals surface area contributed by atoms with Crippen molar-refractivity contribution in [3.8, 4) is 0 Å². The zero-order valence-electron chi connectivity index (χ0n) is 18.1. The third-order valence-corrected chi connectivity index (χ3v) is 5.42. The van der Waals surface area contributed by atoms with Crippen molar-refractivity contribution in [3.63, 3.8) is 0 Å². The Morgan fingerprint density at radius 3 is 1.42 bits per heavy atom. The molecule has 0 aromatic heterocycles. The van der Waals surface area contributed by atoms with Gasteiger partial charge in [-0.05, 0) is 23.1 Å². The summed E-state index contributed by atoms with van der Waals surface area (Å²) in [6, 6.07) is 26.7. The SMILES string of the molecule is O=C(NCc1ccccc1)C(NC(=O)[C@@H](S)Cc1ccccc1)C(=O)NCc1ccccc1. The summed E-state index contributed by atoms with van der Waals surface area (Å²) < 4.78 is 0. The third-order valence-electron chi connectivity index (χ3n) is 5.00. The van der Waals surface area contributed by atoms with E-state index in [-0.39, 0.29) is 13.1 Å². The van der Waals surface area contributed by atoms with Crippen molar-refractivity contribution in [2.45, 2.75) is 30.8 Å². The molecule has 33 heavy (non-hydrogen) atoms. The molecule has 0 bridgehead atoms. The number of amides is 3. The molecule has 3 rings (SSSR count). The Kier molecular flexibility index (Phi) is 9.08. The maximum absolute atomic E-state index is 12.9. The summed E-state index contributed by atoms with van der Waals surface area (Å²) in [4.78, 5) is 38.5. The molecule has 0 heterocycles. The van der Waals surface area contributed by atoms with Crippen LogP contribution < -0.4 is 16.0 Å². The average molecular weight is 462 g/mol. The van der Waals surface area contributed by atoms with Crippen molar-refractivity contribution in [2.75, 3.05) is 0 Å². The second-order valence-electron chi connectivity index (χ2n) is 7.55. The Morgan fingerprint density at radius 2 is 1.00 bits per heavy atom. The lowest BCUT2D eigenvalue weighted by Crippen LogP contribution is -2.56. The number of nitrogens with one attached hydrogen (secondary N) is 3. The highest BCUT2D eigenvalue weighted by molar-refractivity contribution is 7.81. The van der Waals surface area contributed by atoms with Crippen molar-refractivity contribution in [1.29, 1.82) is 0 Å². The second-order valence-corrected chi connectivity index (χ2v) is 8.18.